The number of carboxylic acid groups (broad SMARTS) is 1. The number of aliphatic carboxylic acids is 1. The molecule has 21 heavy (non-hydrogen) atoms. The Hall–Kier alpha value is -2.51. The summed E-state index contributed by atoms with van der Waals surface area (Å²) in [6, 6.07) is 0.372. The van der Waals surface area contributed by atoms with Gasteiger partial charge in [0.2, 0.25) is 5.91 Å². The minimum atomic E-state index is -1.22. The fraction of sp³-hybridized carbons (Fsp3) is 0.462. The van der Waals surface area contributed by atoms with Crippen molar-refractivity contribution in [2.24, 2.45) is 5.73 Å². The third-order valence-electron chi connectivity index (χ3n) is 2.85. The van der Waals surface area contributed by atoms with Gasteiger partial charge in [-0.15, -0.1) is 0 Å². The smallest absolute Gasteiger partial charge is 0.326 e. The number of aromatic nitrogens is 2. The van der Waals surface area contributed by atoms with Crippen LogP contribution in [0.4, 0.5) is 0 Å². The Morgan fingerprint density at radius 3 is 2.57 bits per heavy atom. The number of hydrogen-bond donors (Lipinski definition) is 3. The summed E-state index contributed by atoms with van der Waals surface area (Å²) in [5.41, 5.74) is 6.31. The third-order valence-corrected chi connectivity index (χ3v) is 2.85. The molecule has 0 spiro atoms. The number of amides is 2. The van der Waals surface area contributed by atoms with E-state index in [1.54, 1.807) is 13.0 Å². The van der Waals surface area contributed by atoms with Gasteiger partial charge in [-0.3, -0.25) is 9.59 Å². The Morgan fingerprint density at radius 2 is 2.05 bits per heavy atom. The first-order valence-electron chi connectivity index (χ1n) is 6.50. The van der Waals surface area contributed by atoms with Gasteiger partial charge in [0.25, 0.3) is 5.91 Å². The first kappa shape index (κ1) is 16.5. The van der Waals surface area contributed by atoms with Crippen molar-refractivity contribution < 1.29 is 19.5 Å². The molecular formula is C13H18N4O4. The van der Waals surface area contributed by atoms with Crippen molar-refractivity contribution >= 4 is 17.8 Å². The van der Waals surface area contributed by atoms with Crippen molar-refractivity contribution in [2.75, 3.05) is 0 Å². The monoisotopic (exact) mass is 294 g/mol. The lowest BCUT2D eigenvalue weighted by molar-refractivity contribution is -0.139. The van der Waals surface area contributed by atoms with E-state index in [9.17, 15) is 14.4 Å². The summed E-state index contributed by atoms with van der Waals surface area (Å²) in [4.78, 5) is 34.0. The van der Waals surface area contributed by atoms with Crippen LogP contribution in [0.5, 0.6) is 0 Å². The Bertz CT molecular complexity index is 559. The maximum atomic E-state index is 12.2. The molecule has 0 fully saturated rings. The first-order chi connectivity index (χ1) is 9.85. The Kier molecular flexibility index (Phi) is 5.77. The van der Waals surface area contributed by atoms with Crippen LogP contribution in [-0.4, -0.2) is 39.1 Å². The molecule has 1 heterocycles. The molecule has 1 rings (SSSR count). The van der Waals surface area contributed by atoms with Gasteiger partial charge >= 0.3 is 5.97 Å². The van der Waals surface area contributed by atoms with Crippen molar-refractivity contribution in [3.63, 3.8) is 0 Å². The van der Waals surface area contributed by atoms with Gasteiger partial charge in [0.15, 0.2) is 0 Å². The zero-order valence-electron chi connectivity index (χ0n) is 11.9. The zero-order valence-corrected chi connectivity index (χ0v) is 11.9. The molecule has 4 N–H and O–H groups in total. The lowest BCUT2D eigenvalue weighted by Gasteiger charge is -2.15. The number of carboxylic acids is 1. The summed E-state index contributed by atoms with van der Waals surface area (Å²) in [7, 11) is 0. The second kappa shape index (κ2) is 7.32. The first-order valence-corrected chi connectivity index (χ1v) is 6.50. The van der Waals surface area contributed by atoms with Gasteiger partial charge in [0.1, 0.15) is 6.04 Å². The molecule has 0 radical (unpaired) electrons. The second-order valence-electron chi connectivity index (χ2n) is 4.57. The van der Waals surface area contributed by atoms with E-state index in [0.717, 1.165) is 0 Å². The van der Waals surface area contributed by atoms with E-state index in [4.69, 9.17) is 10.8 Å². The van der Waals surface area contributed by atoms with E-state index in [1.807, 2.05) is 6.92 Å². The molecule has 1 aromatic heterocycles. The van der Waals surface area contributed by atoms with E-state index >= 15 is 0 Å². The molecule has 0 unspecified atom stereocenters. The van der Waals surface area contributed by atoms with Crippen LogP contribution in [0.25, 0.3) is 0 Å². The Labute approximate surface area is 121 Å². The highest BCUT2D eigenvalue weighted by Gasteiger charge is 2.23. The van der Waals surface area contributed by atoms with Crippen molar-refractivity contribution in [1.29, 1.82) is 0 Å². The van der Waals surface area contributed by atoms with Gasteiger partial charge in [-0.2, -0.15) is 10.2 Å². The molecule has 0 saturated heterocycles. The van der Waals surface area contributed by atoms with Gasteiger partial charge in [-0.25, -0.2) is 4.79 Å². The van der Waals surface area contributed by atoms with Gasteiger partial charge in [0.05, 0.1) is 17.0 Å². The molecule has 0 aliphatic rings. The van der Waals surface area contributed by atoms with Crippen LogP contribution in [0, 0.1) is 6.92 Å². The molecule has 0 bridgehead atoms. The molecule has 0 saturated carbocycles. The number of rotatable bonds is 7. The SMILES string of the molecule is CCc1nnc(C)cc1C(=O)N[C@H](CCC(N)=O)C(=O)O. The Balaban J connectivity index is 2.89. The average Bonchev–Trinajstić information content (AvgIpc) is 2.42. The number of aryl methyl sites for hydroxylation is 2. The lowest BCUT2D eigenvalue weighted by Crippen LogP contribution is -2.41. The van der Waals surface area contributed by atoms with E-state index in [2.05, 4.69) is 15.5 Å². The summed E-state index contributed by atoms with van der Waals surface area (Å²) in [5.74, 6) is -2.39. The fourth-order valence-corrected chi connectivity index (χ4v) is 1.75. The van der Waals surface area contributed by atoms with Gasteiger partial charge in [-0.05, 0) is 25.8 Å². The number of carbonyl (C=O) groups is 3. The average molecular weight is 294 g/mol. The molecular weight excluding hydrogens is 276 g/mol. The van der Waals surface area contributed by atoms with Crippen LogP contribution in [0.3, 0.4) is 0 Å². The van der Waals surface area contributed by atoms with Crippen molar-refractivity contribution in [2.45, 2.75) is 39.2 Å². The van der Waals surface area contributed by atoms with E-state index in [-0.39, 0.29) is 18.4 Å². The Morgan fingerprint density at radius 1 is 1.38 bits per heavy atom. The molecule has 1 atom stereocenters. The van der Waals surface area contributed by atoms with Crippen LogP contribution in [0.2, 0.25) is 0 Å². The maximum Gasteiger partial charge on any atom is 0.326 e. The number of hydrogen-bond acceptors (Lipinski definition) is 5. The molecule has 8 heteroatoms. The normalized spacial score (nSPS) is 11.7. The predicted octanol–water partition coefficient (Wildman–Crippen LogP) is -0.204. The van der Waals surface area contributed by atoms with Crippen LogP contribution in [-0.2, 0) is 16.0 Å². The number of nitrogens with two attached hydrogens (primary N) is 1. The summed E-state index contributed by atoms with van der Waals surface area (Å²) < 4.78 is 0. The summed E-state index contributed by atoms with van der Waals surface area (Å²) in [5, 5.41) is 19.2. The summed E-state index contributed by atoms with van der Waals surface area (Å²) in [6.45, 7) is 3.50. The van der Waals surface area contributed by atoms with Crippen LogP contribution in [0.15, 0.2) is 6.07 Å². The number of carbonyl (C=O) groups excluding carboxylic acids is 2. The van der Waals surface area contributed by atoms with Gasteiger partial charge in [0, 0.05) is 6.42 Å². The predicted molar refractivity (Wildman–Crippen MR) is 73.5 cm³/mol. The zero-order chi connectivity index (χ0) is 16.0. The minimum absolute atomic E-state index is 0.0602. The van der Waals surface area contributed by atoms with Crippen molar-refractivity contribution in [1.82, 2.24) is 15.5 Å². The highest BCUT2D eigenvalue weighted by atomic mass is 16.4. The highest BCUT2D eigenvalue weighted by molar-refractivity contribution is 5.97. The molecule has 0 aliphatic heterocycles. The van der Waals surface area contributed by atoms with Gasteiger partial charge in [-0.1, -0.05) is 6.92 Å². The summed E-state index contributed by atoms with van der Waals surface area (Å²) >= 11 is 0. The molecule has 8 nitrogen and oxygen atoms in total. The number of primary amides is 1. The number of nitrogens with one attached hydrogen (secondary N) is 1. The topological polar surface area (TPSA) is 135 Å². The van der Waals surface area contributed by atoms with Crippen LogP contribution >= 0.6 is 0 Å². The van der Waals surface area contributed by atoms with Crippen LogP contribution in [0.1, 0.15) is 41.5 Å². The van der Waals surface area contributed by atoms with Gasteiger partial charge < -0.3 is 16.2 Å². The van der Waals surface area contributed by atoms with Crippen molar-refractivity contribution in [3.05, 3.63) is 23.0 Å². The maximum absolute atomic E-state index is 12.2. The van der Waals surface area contributed by atoms with E-state index < -0.39 is 23.8 Å². The highest BCUT2D eigenvalue weighted by Crippen LogP contribution is 2.09. The van der Waals surface area contributed by atoms with E-state index in [0.29, 0.717) is 17.8 Å². The molecule has 1 aromatic rings. The molecule has 114 valence electrons. The number of nitrogens with zero attached hydrogens (tertiary/aromatic N) is 2. The summed E-state index contributed by atoms with van der Waals surface area (Å²) in [6.07, 6.45) is 0.315. The minimum Gasteiger partial charge on any atom is -0.480 e. The fourth-order valence-electron chi connectivity index (χ4n) is 1.75. The molecule has 2 amide bonds. The molecule has 0 aliphatic carbocycles. The standard InChI is InChI=1S/C13H18N4O4/c1-3-9-8(6-7(2)16-17-9)12(19)15-10(13(20)21)4-5-11(14)18/h6,10H,3-5H2,1-2H3,(H2,14,18)(H,15,19)(H,20,21)/t10-/m1/s1. The quantitative estimate of drug-likeness (QED) is 0.637. The third kappa shape index (κ3) is 4.83. The van der Waals surface area contributed by atoms with Crippen molar-refractivity contribution in [3.8, 4) is 0 Å². The van der Waals surface area contributed by atoms with E-state index in [1.165, 1.54) is 0 Å². The van der Waals surface area contributed by atoms with Crippen LogP contribution < -0.4 is 11.1 Å². The largest absolute Gasteiger partial charge is 0.480 e. The molecule has 0 aromatic carbocycles. The second-order valence-corrected chi connectivity index (χ2v) is 4.57. The lowest BCUT2D eigenvalue weighted by atomic mass is 10.1.